The molecular weight excluding hydrogens is 567 g/mol. The molecule has 0 radical (unpaired) electrons. The van der Waals surface area contributed by atoms with Crippen molar-refractivity contribution < 1.29 is 52.7 Å². The minimum absolute atomic E-state index is 0. The normalized spacial score (nSPS) is 11.2. The zero-order chi connectivity index (χ0) is 28.6. The molecule has 0 bridgehead atoms. The summed E-state index contributed by atoms with van der Waals surface area (Å²) in [6, 6.07) is 26.5. The second-order valence-corrected chi connectivity index (χ2v) is 10.5. The summed E-state index contributed by atoms with van der Waals surface area (Å²) in [6.45, 7) is 0. The SMILES string of the molecule is O=S(=O)([O-])c1ccc(Nc2nc(Nc3ccc4c(O)cccc4c3)nc(Nc3ccc4c(O)cccc4c3)n2)cc1.[Na+]. The third-order valence-electron chi connectivity index (χ3n) is 6.26. The van der Waals surface area contributed by atoms with E-state index < -0.39 is 10.1 Å². The Morgan fingerprint density at radius 3 is 1.40 bits per heavy atom. The molecule has 13 heteroatoms. The standard InChI is InChI=1S/C29H22N6O5S.Na/c36-25-5-1-3-17-15-20(9-13-23(17)25)31-28-33-27(30-19-7-11-22(12-8-19)41(38,39)40)34-29(35-28)32-21-10-14-24-18(16-21)4-2-6-26(24)37;/h1-16,36-37H,(H,38,39,40)(H3,30,31,32,33,34,35);/q;+1/p-1. The van der Waals surface area contributed by atoms with E-state index in [9.17, 15) is 23.2 Å². The Labute approximate surface area is 262 Å². The van der Waals surface area contributed by atoms with Crippen LogP contribution in [0.15, 0.2) is 102 Å². The zero-order valence-corrected chi connectivity index (χ0v) is 24.9. The average Bonchev–Trinajstić information content (AvgIpc) is 2.93. The van der Waals surface area contributed by atoms with E-state index in [2.05, 4.69) is 30.9 Å². The number of aromatic nitrogens is 3. The maximum Gasteiger partial charge on any atom is 1.00 e. The quantitative estimate of drug-likeness (QED) is 0.137. The third-order valence-corrected chi connectivity index (χ3v) is 7.11. The minimum atomic E-state index is -4.58. The molecule has 204 valence electrons. The Morgan fingerprint density at radius 1 is 0.571 bits per heavy atom. The number of benzene rings is 5. The summed E-state index contributed by atoms with van der Waals surface area (Å²) in [6.07, 6.45) is 0. The first kappa shape index (κ1) is 29.0. The summed E-state index contributed by atoms with van der Waals surface area (Å²) in [5.74, 6) is 0.876. The summed E-state index contributed by atoms with van der Waals surface area (Å²) < 4.78 is 33.9. The number of rotatable bonds is 7. The Bertz CT molecular complexity index is 1940. The first-order valence-corrected chi connectivity index (χ1v) is 13.7. The van der Waals surface area contributed by atoms with Crippen LogP contribution in [0.25, 0.3) is 21.5 Å². The number of nitrogens with one attached hydrogen (secondary N) is 3. The Morgan fingerprint density at radius 2 is 0.976 bits per heavy atom. The number of phenols is 2. The summed E-state index contributed by atoms with van der Waals surface area (Å²) >= 11 is 0. The van der Waals surface area contributed by atoms with Gasteiger partial charge in [0.05, 0.1) is 4.90 Å². The monoisotopic (exact) mass is 588 g/mol. The molecule has 0 aliphatic carbocycles. The van der Waals surface area contributed by atoms with Crippen molar-refractivity contribution in [2.75, 3.05) is 16.0 Å². The van der Waals surface area contributed by atoms with Crippen LogP contribution >= 0.6 is 0 Å². The molecule has 0 aliphatic heterocycles. The summed E-state index contributed by atoms with van der Waals surface area (Å²) in [4.78, 5) is 13.0. The van der Waals surface area contributed by atoms with E-state index in [1.165, 1.54) is 24.3 Å². The van der Waals surface area contributed by atoms with Gasteiger partial charge in [-0.3, -0.25) is 0 Å². The van der Waals surface area contributed by atoms with Crippen LogP contribution in [-0.4, -0.2) is 38.1 Å². The predicted molar refractivity (Wildman–Crippen MR) is 155 cm³/mol. The van der Waals surface area contributed by atoms with Gasteiger partial charge in [-0.2, -0.15) is 15.0 Å². The molecule has 0 unspecified atom stereocenters. The van der Waals surface area contributed by atoms with Crippen molar-refractivity contribution in [3.05, 3.63) is 97.1 Å². The van der Waals surface area contributed by atoms with E-state index in [0.29, 0.717) is 27.8 Å². The maximum absolute atomic E-state index is 11.3. The van der Waals surface area contributed by atoms with Crippen LogP contribution in [0, 0.1) is 0 Å². The van der Waals surface area contributed by atoms with Gasteiger partial charge < -0.3 is 30.7 Å². The van der Waals surface area contributed by atoms with Crippen molar-refractivity contribution >= 4 is 66.6 Å². The largest absolute Gasteiger partial charge is 1.00 e. The molecule has 0 aliphatic rings. The molecule has 11 nitrogen and oxygen atoms in total. The first-order valence-electron chi connectivity index (χ1n) is 12.3. The molecule has 1 heterocycles. The van der Waals surface area contributed by atoms with Crippen molar-refractivity contribution in [3.8, 4) is 11.5 Å². The number of fused-ring (bicyclic) bond motifs is 2. The van der Waals surface area contributed by atoms with Crippen LogP contribution in [0.1, 0.15) is 0 Å². The van der Waals surface area contributed by atoms with Crippen molar-refractivity contribution in [1.29, 1.82) is 0 Å². The zero-order valence-electron chi connectivity index (χ0n) is 22.1. The fourth-order valence-electron chi connectivity index (χ4n) is 4.32. The van der Waals surface area contributed by atoms with Gasteiger partial charge in [0.1, 0.15) is 21.6 Å². The predicted octanol–water partition coefficient (Wildman–Crippen LogP) is 2.73. The number of hydrogen-bond acceptors (Lipinski definition) is 11. The van der Waals surface area contributed by atoms with Crippen LogP contribution in [0.4, 0.5) is 34.9 Å². The number of anilines is 6. The molecule has 0 amide bonds. The second kappa shape index (κ2) is 11.8. The second-order valence-electron chi connectivity index (χ2n) is 9.09. The smallest absolute Gasteiger partial charge is 0.744 e. The van der Waals surface area contributed by atoms with E-state index in [1.54, 1.807) is 48.5 Å². The summed E-state index contributed by atoms with van der Waals surface area (Å²) in [7, 11) is -4.58. The maximum atomic E-state index is 11.3. The fourth-order valence-corrected chi connectivity index (χ4v) is 4.79. The third kappa shape index (κ3) is 6.38. The summed E-state index contributed by atoms with van der Waals surface area (Å²) in [5, 5.41) is 32.6. The fraction of sp³-hybridized carbons (Fsp3) is 0. The van der Waals surface area contributed by atoms with Gasteiger partial charge in [0.25, 0.3) is 0 Å². The molecule has 5 aromatic carbocycles. The molecule has 0 spiro atoms. The van der Waals surface area contributed by atoms with Gasteiger partial charge in [0.2, 0.25) is 17.8 Å². The van der Waals surface area contributed by atoms with Gasteiger partial charge in [-0.15, -0.1) is 0 Å². The number of aromatic hydroxyl groups is 2. The molecule has 42 heavy (non-hydrogen) atoms. The van der Waals surface area contributed by atoms with E-state index in [-0.39, 0.29) is 63.8 Å². The molecule has 0 atom stereocenters. The minimum Gasteiger partial charge on any atom is -0.744 e. The number of hydrogen-bond donors (Lipinski definition) is 5. The summed E-state index contributed by atoms with van der Waals surface area (Å²) in [5.41, 5.74) is 1.78. The van der Waals surface area contributed by atoms with Gasteiger partial charge in [0, 0.05) is 27.8 Å². The molecule has 6 aromatic rings. The van der Waals surface area contributed by atoms with E-state index in [1.807, 2.05) is 24.3 Å². The van der Waals surface area contributed by atoms with Gasteiger partial charge in [-0.1, -0.05) is 24.3 Å². The number of phenolic OH excluding ortho intramolecular Hbond substituents is 2. The van der Waals surface area contributed by atoms with Crippen molar-refractivity contribution in [2.45, 2.75) is 4.90 Å². The van der Waals surface area contributed by atoms with Crippen LogP contribution in [0.5, 0.6) is 11.5 Å². The van der Waals surface area contributed by atoms with Crippen LogP contribution in [0.3, 0.4) is 0 Å². The number of nitrogens with zero attached hydrogens (tertiary/aromatic N) is 3. The van der Waals surface area contributed by atoms with Crippen LogP contribution in [0.2, 0.25) is 0 Å². The Kier molecular flexibility index (Phi) is 8.16. The van der Waals surface area contributed by atoms with E-state index in [0.717, 1.165) is 10.8 Å². The van der Waals surface area contributed by atoms with Crippen LogP contribution in [-0.2, 0) is 10.1 Å². The molecule has 1 aromatic heterocycles. The molecule has 0 saturated carbocycles. The Balaban J connectivity index is 0.00000353. The van der Waals surface area contributed by atoms with Gasteiger partial charge in [-0.05, 0) is 83.6 Å². The molecule has 5 N–H and O–H groups in total. The van der Waals surface area contributed by atoms with Gasteiger partial charge in [-0.25, -0.2) is 8.42 Å². The van der Waals surface area contributed by atoms with Crippen molar-refractivity contribution in [3.63, 3.8) is 0 Å². The topological polar surface area (TPSA) is 172 Å². The van der Waals surface area contributed by atoms with E-state index >= 15 is 0 Å². The molecule has 0 fully saturated rings. The van der Waals surface area contributed by atoms with Crippen molar-refractivity contribution in [2.24, 2.45) is 0 Å². The molecule has 6 rings (SSSR count). The molecular formula is C29H21N6NaO5S. The molecule has 0 saturated heterocycles. The first-order chi connectivity index (χ1) is 19.7. The van der Waals surface area contributed by atoms with Crippen molar-refractivity contribution in [1.82, 2.24) is 15.0 Å². The average molecular weight is 589 g/mol. The van der Waals surface area contributed by atoms with Crippen LogP contribution < -0.4 is 45.5 Å². The van der Waals surface area contributed by atoms with Gasteiger partial charge in [0.15, 0.2) is 0 Å². The Hall–Kier alpha value is -4.46. The van der Waals surface area contributed by atoms with E-state index in [4.69, 9.17) is 0 Å². The van der Waals surface area contributed by atoms with Gasteiger partial charge >= 0.3 is 29.6 Å².